The quantitative estimate of drug-likeness (QED) is 0.771. The van der Waals surface area contributed by atoms with Crippen LogP contribution in [0.3, 0.4) is 0 Å². The van der Waals surface area contributed by atoms with Crippen LogP contribution in [0.1, 0.15) is 11.1 Å². The molecule has 1 heterocycles. The number of alkyl halides is 3. The highest BCUT2D eigenvalue weighted by molar-refractivity contribution is 5.83. The summed E-state index contributed by atoms with van der Waals surface area (Å²) < 4.78 is 42.6. The van der Waals surface area contributed by atoms with Gasteiger partial charge in [-0.05, 0) is 17.7 Å². The van der Waals surface area contributed by atoms with Gasteiger partial charge in [-0.3, -0.25) is 0 Å². The van der Waals surface area contributed by atoms with Gasteiger partial charge in [-0.25, -0.2) is 4.79 Å². The van der Waals surface area contributed by atoms with Gasteiger partial charge in [0, 0.05) is 12.1 Å². The van der Waals surface area contributed by atoms with E-state index >= 15 is 0 Å². The molecule has 2 rings (SSSR count). The third-order valence-electron chi connectivity index (χ3n) is 2.71. The first kappa shape index (κ1) is 11.8. The molecule has 1 aliphatic heterocycles. The fourth-order valence-corrected chi connectivity index (χ4v) is 1.93. The molecule has 0 saturated heterocycles. The summed E-state index contributed by atoms with van der Waals surface area (Å²) in [5.74, 6) is -0.561. The van der Waals surface area contributed by atoms with Crippen LogP contribution < -0.4 is 5.32 Å². The summed E-state index contributed by atoms with van der Waals surface area (Å²) in [5.41, 5.74) is -0.237. The van der Waals surface area contributed by atoms with E-state index in [1.54, 1.807) is 0 Å². The number of rotatable bonds is 1. The van der Waals surface area contributed by atoms with Crippen LogP contribution in [0.15, 0.2) is 18.2 Å². The maximum absolute atomic E-state index is 12.7. The van der Waals surface area contributed by atoms with Gasteiger partial charge in [0.05, 0.1) is 12.7 Å². The van der Waals surface area contributed by atoms with Crippen LogP contribution >= 0.6 is 0 Å². The zero-order chi connectivity index (χ0) is 12.6. The van der Waals surface area contributed by atoms with Gasteiger partial charge in [0.2, 0.25) is 0 Å². The van der Waals surface area contributed by atoms with Crippen molar-refractivity contribution in [3.8, 4) is 0 Å². The molecule has 17 heavy (non-hydrogen) atoms. The molecule has 92 valence electrons. The molecule has 0 bridgehead atoms. The molecule has 0 saturated carbocycles. The molecule has 0 spiro atoms. The van der Waals surface area contributed by atoms with E-state index in [1.165, 1.54) is 19.2 Å². The minimum Gasteiger partial charge on any atom is -0.467 e. The second kappa shape index (κ2) is 3.94. The largest absolute Gasteiger partial charge is 0.467 e. The van der Waals surface area contributed by atoms with E-state index in [0.717, 1.165) is 6.07 Å². The number of carbonyl (C=O) groups is 1. The number of hydrogen-bond acceptors (Lipinski definition) is 3. The zero-order valence-corrected chi connectivity index (χ0v) is 8.97. The van der Waals surface area contributed by atoms with E-state index in [0.29, 0.717) is 5.69 Å². The molecule has 0 unspecified atom stereocenters. The maximum atomic E-state index is 12.7. The van der Waals surface area contributed by atoms with Crippen molar-refractivity contribution in [1.29, 1.82) is 0 Å². The minimum atomic E-state index is -4.40. The molecule has 1 aromatic carbocycles. The summed E-state index contributed by atoms with van der Waals surface area (Å²) in [6.45, 7) is 0. The van der Waals surface area contributed by atoms with Gasteiger partial charge >= 0.3 is 12.1 Å². The Balaban J connectivity index is 2.36. The number of halogens is 3. The van der Waals surface area contributed by atoms with Gasteiger partial charge in [0.1, 0.15) is 6.04 Å². The normalized spacial score (nSPS) is 18.5. The Morgan fingerprint density at radius 2 is 2.18 bits per heavy atom. The van der Waals surface area contributed by atoms with Crippen molar-refractivity contribution in [2.24, 2.45) is 0 Å². The SMILES string of the molecule is COC(=O)[C@@H]1Cc2c(cccc2C(F)(F)F)N1. The number of nitrogens with one attached hydrogen (secondary N) is 1. The summed E-state index contributed by atoms with van der Waals surface area (Å²) in [5, 5.41) is 2.72. The molecule has 0 aliphatic carbocycles. The Kier molecular flexibility index (Phi) is 2.73. The Morgan fingerprint density at radius 3 is 2.76 bits per heavy atom. The number of hydrogen-bond donors (Lipinski definition) is 1. The average molecular weight is 245 g/mol. The van der Waals surface area contributed by atoms with Crippen molar-refractivity contribution in [1.82, 2.24) is 0 Å². The highest BCUT2D eigenvalue weighted by atomic mass is 19.4. The third kappa shape index (κ3) is 2.07. The van der Waals surface area contributed by atoms with Crippen molar-refractivity contribution in [3.05, 3.63) is 29.3 Å². The third-order valence-corrected chi connectivity index (χ3v) is 2.71. The minimum absolute atomic E-state index is 0.00229. The Hall–Kier alpha value is -1.72. The van der Waals surface area contributed by atoms with E-state index in [1.807, 2.05) is 0 Å². The highest BCUT2D eigenvalue weighted by Gasteiger charge is 2.38. The molecule has 0 aromatic heterocycles. The van der Waals surface area contributed by atoms with Crippen molar-refractivity contribution < 1.29 is 22.7 Å². The lowest BCUT2D eigenvalue weighted by Crippen LogP contribution is -2.28. The van der Waals surface area contributed by atoms with Crippen molar-refractivity contribution in [3.63, 3.8) is 0 Å². The lowest BCUT2D eigenvalue weighted by molar-refractivity contribution is -0.142. The summed E-state index contributed by atoms with van der Waals surface area (Å²) in [4.78, 5) is 11.3. The number of anilines is 1. The predicted molar refractivity (Wildman–Crippen MR) is 54.6 cm³/mol. The molecule has 6 heteroatoms. The van der Waals surface area contributed by atoms with Crippen LogP contribution in [-0.2, 0) is 22.1 Å². The smallest absolute Gasteiger partial charge is 0.416 e. The molecule has 0 amide bonds. The van der Waals surface area contributed by atoms with E-state index in [-0.39, 0.29) is 12.0 Å². The highest BCUT2D eigenvalue weighted by Crippen LogP contribution is 2.38. The maximum Gasteiger partial charge on any atom is 0.416 e. The number of carbonyl (C=O) groups excluding carboxylic acids is 1. The van der Waals surface area contributed by atoms with Gasteiger partial charge in [-0.2, -0.15) is 13.2 Å². The molecule has 3 nitrogen and oxygen atoms in total. The van der Waals surface area contributed by atoms with E-state index in [2.05, 4.69) is 10.1 Å². The number of esters is 1. The van der Waals surface area contributed by atoms with Gasteiger partial charge < -0.3 is 10.1 Å². The van der Waals surface area contributed by atoms with E-state index in [9.17, 15) is 18.0 Å². The zero-order valence-electron chi connectivity index (χ0n) is 8.97. The van der Waals surface area contributed by atoms with Crippen LogP contribution in [0, 0.1) is 0 Å². The Morgan fingerprint density at radius 1 is 1.47 bits per heavy atom. The Labute approximate surface area is 95.6 Å². The van der Waals surface area contributed by atoms with Crippen LogP contribution in [0.4, 0.5) is 18.9 Å². The topological polar surface area (TPSA) is 38.3 Å². The number of ether oxygens (including phenoxy) is 1. The first-order chi connectivity index (χ1) is 7.93. The Bertz CT molecular complexity index is 457. The fourth-order valence-electron chi connectivity index (χ4n) is 1.93. The molecule has 1 atom stereocenters. The fraction of sp³-hybridized carbons (Fsp3) is 0.364. The first-order valence-corrected chi connectivity index (χ1v) is 4.97. The van der Waals surface area contributed by atoms with Gasteiger partial charge in [-0.15, -0.1) is 0 Å². The number of benzene rings is 1. The van der Waals surface area contributed by atoms with Gasteiger partial charge in [-0.1, -0.05) is 6.07 Å². The first-order valence-electron chi connectivity index (χ1n) is 4.97. The van der Waals surface area contributed by atoms with Crippen molar-refractivity contribution >= 4 is 11.7 Å². The molecular formula is C11H10F3NO2. The lowest BCUT2D eigenvalue weighted by atomic mass is 10.0. The van der Waals surface area contributed by atoms with Gasteiger partial charge in [0.25, 0.3) is 0 Å². The molecule has 1 aliphatic rings. The summed E-state index contributed by atoms with van der Waals surface area (Å²) >= 11 is 0. The molecular weight excluding hydrogens is 235 g/mol. The average Bonchev–Trinajstić information content (AvgIpc) is 2.69. The second-order valence-electron chi connectivity index (χ2n) is 3.75. The molecule has 1 aromatic rings. The molecule has 1 N–H and O–H groups in total. The number of fused-ring (bicyclic) bond motifs is 1. The van der Waals surface area contributed by atoms with Crippen LogP contribution in [0.25, 0.3) is 0 Å². The van der Waals surface area contributed by atoms with Crippen LogP contribution in [0.5, 0.6) is 0 Å². The summed E-state index contributed by atoms with van der Waals surface area (Å²) in [6.07, 6.45) is -4.41. The van der Waals surface area contributed by atoms with E-state index in [4.69, 9.17) is 0 Å². The monoisotopic (exact) mass is 245 g/mol. The van der Waals surface area contributed by atoms with Gasteiger partial charge in [0.15, 0.2) is 0 Å². The predicted octanol–water partition coefficient (Wildman–Crippen LogP) is 2.21. The van der Waals surface area contributed by atoms with Crippen molar-refractivity contribution in [2.45, 2.75) is 18.6 Å². The standard InChI is InChI=1S/C11H10F3NO2/c1-17-10(16)9-5-6-7(11(12,13)14)3-2-4-8(6)15-9/h2-4,9,15H,5H2,1H3/t9-/m0/s1. The summed E-state index contributed by atoms with van der Waals surface area (Å²) in [6, 6.07) is 3.11. The number of methoxy groups -OCH3 is 1. The lowest BCUT2D eigenvalue weighted by Gasteiger charge is -2.10. The van der Waals surface area contributed by atoms with Crippen LogP contribution in [-0.4, -0.2) is 19.1 Å². The summed E-state index contributed by atoms with van der Waals surface area (Å²) in [7, 11) is 1.21. The van der Waals surface area contributed by atoms with Crippen molar-refractivity contribution in [2.75, 3.05) is 12.4 Å². The van der Waals surface area contributed by atoms with Crippen LogP contribution in [0.2, 0.25) is 0 Å². The second-order valence-corrected chi connectivity index (χ2v) is 3.75. The molecule has 0 radical (unpaired) electrons. The van der Waals surface area contributed by atoms with E-state index < -0.39 is 23.8 Å². The molecule has 0 fully saturated rings.